The Morgan fingerprint density at radius 2 is 1.62 bits per heavy atom. The predicted octanol–water partition coefficient (Wildman–Crippen LogP) is 4.16. The number of nitrogens with one attached hydrogen (secondary N) is 2. The molecule has 1 fully saturated rings. The Kier molecular flexibility index (Phi) is 10.3. The van der Waals surface area contributed by atoms with Gasteiger partial charge in [-0.2, -0.15) is 0 Å². The van der Waals surface area contributed by atoms with Gasteiger partial charge in [0.05, 0.1) is 6.61 Å². The molecule has 3 rings (SSSR count). The number of rotatable bonds is 8. The molecule has 0 atom stereocenters. The quantitative estimate of drug-likeness (QED) is 0.320. The summed E-state index contributed by atoms with van der Waals surface area (Å²) in [6.45, 7) is 7.62. The first-order valence-electron chi connectivity index (χ1n) is 10.2. The third-order valence-electron chi connectivity index (χ3n) is 5.03. The molecule has 0 saturated carbocycles. The van der Waals surface area contributed by atoms with E-state index in [-0.39, 0.29) is 24.0 Å². The zero-order valence-corrected chi connectivity index (χ0v) is 19.8. The number of nitrogens with zero attached hydrogens (tertiary/aromatic N) is 2. The summed E-state index contributed by atoms with van der Waals surface area (Å²) in [4.78, 5) is 6.85. The highest BCUT2D eigenvalue weighted by Gasteiger charge is 2.11. The maximum Gasteiger partial charge on any atom is 0.191 e. The van der Waals surface area contributed by atoms with Crippen LogP contribution in [0.5, 0.6) is 5.75 Å². The average Bonchev–Trinajstić information content (AvgIpc) is 3.23. The zero-order chi connectivity index (χ0) is 19.6. The van der Waals surface area contributed by atoms with Crippen LogP contribution in [0, 0.1) is 0 Å². The Labute approximate surface area is 192 Å². The predicted molar refractivity (Wildman–Crippen MR) is 131 cm³/mol. The van der Waals surface area contributed by atoms with Crippen LogP contribution in [0.2, 0.25) is 0 Å². The van der Waals surface area contributed by atoms with E-state index >= 15 is 0 Å². The molecule has 1 aliphatic heterocycles. The van der Waals surface area contributed by atoms with Crippen molar-refractivity contribution in [3.8, 4) is 5.75 Å². The summed E-state index contributed by atoms with van der Waals surface area (Å²) in [5.41, 5.74) is 3.77. The van der Waals surface area contributed by atoms with Gasteiger partial charge < -0.3 is 15.4 Å². The first-order chi connectivity index (χ1) is 13.8. The van der Waals surface area contributed by atoms with Crippen LogP contribution in [0.15, 0.2) is 53.5 Å². The third kappa shape index (κ3) is 7.51. The Morgan fingerprint density at radius 1 is 0.966 bits per heavy atom. The molecule has 0 amide bonds. The van der Waals surface area contributed by atoms with E-state index in [4.69, 9.17) is 4.74 Å². The summed E-state index contributed by atoms with van der Waals surface area (Å²) in [5.74, 6) is 1.70. The van der Waals surface area contributed by atoms with Gasteiger partial charge in [0, 0.05) is 32.2 Å². The van der Waals surface area contributed by atoms with Crippen molar-refractivity contribution in [1.29, 1.82) is 0 Å². The fraction of sp³-hybridized carbons (Fsp3) is 0.435. The van der Waals surface area contributed by atoms with Crippen molar-refractivity contribution in [2.24, 2.45) is 4.99 Å². The molecule has 0 bridgehead atoms. The molecule has 29 heavy (non-hydrogen) atoms. The van der Waals surface area contributed by atoms with Crippen LogP contribution in [0.1, 0.15) is 36.5 Å². The second kappa shape index (κ2) is 12.7. The molecule has 0 aromatic heterocycles. The summed E-state index contributed by atoms with van der Waals surface area (Å²) in [5, 5.41) is 6.75. The third-order valence-corrected chi connectivity index (χ3v) is 5.03. The van der Waals surface area contributed by atoms with Gasteiger partial charge in [0.25, 0.3) is 0 Å². The summed E-state index contributed by atoms with van der Waals surface area (Å²) >= 11 is 0. The van der Waals surface area contributed by atoms with Crippen LogP contribution in [-0.4, -0.2) is 37.6 Å². The number of ether oxygens (including phenoxy) is 1. The van der Waals surface area contributed by atoms with Crippen molar-refractivity contribution in [1.82, 2.24) is 15.5 Å². The van der Waals surface area contributed by atoms with Crippen LogP contribution in [0.4, 0.5) is 0 Å². The molecular weight excluding hydrogens is 475 g/mol. The molecule has 0 radical (unpaired) electrons. The van der Waals surface area contributed by atoms with Gasteiger partial charge >= 0.3 is 0 Å². The summed E-state index contributed by atoms with van der Waals surface area (Å²) in [6.07, 6.45) is 2.67. The minimum atomic E-state index is 0. The van der Waals surface area contributed by atoms with E-state index in [2.05, 4.69) is 50.9 Å². The first-order valence-corrected chi connectivity index (χ1v) is 10.2. The van der Waals surface area contributed by atoms with Crippen molar-refractivity contribution in [2.45, 2.75) is 39.4 Å². The first kappa shape index (κ1) is 23.5. The van der Waals surface area contributed by atoms with Gasteiger partial charge in [0.2, 0.25) is 0 Å². The van der Waals surface area contributed by atoms with Gasteiger partial charge in [0.15, 0.2) is 5.96 Å². The molecule has 2 N–H and O–H groups in total. The van der Waals surface area contributed by atoms with E-state index in [1.165, 1.54) is 37.1 Å². The second-order valence-corrected chi connectivity index (χ2v) is 7.12. The molecule has 6 heteroatoms. The van der Waals surface area contributed by atoms with Crippen LogP contribution >= 0.6 is 24.0 Å². The SMILES string of the molecule is CCOc1ccccc1CNC(=NC)NCc1ccc(CN2CCCC2)cc1.I. The molecule has 1 saturated heterocycles. The van der Waals surface area contributed by atoms with Gasteiger partial charge in [-0.3, -0.25) is 9.89 Å². The van der Waals surface area contributed by atoms with E-state index in [0.717, 1.165) is 30.4 Å². The number of guanidine groups is 1. The van der Waals surface area contributed by atoms with Crippen LogP contribution in [0.25, 0.3) is 0 Å². The molecule has 5 nitrogen and oxygen atoms in total. The minimum Gasteiger partial charge on any atom is -0.494 e. The van der Waals surface area contributed by atoms with E-state index in [0.29, 0.717) is 13.2 Å². The van der Waals surface area contributed by atoms with Gasteiger partial charge in [0.1, 0.15) is 5.75 Å². The minimum absolute atomic E-state index is 0. The van der Waals surface area contributed by atoms with Gasteiger partial charge in [-0.05, 0) is 50.0 Å². The number of para-hydroxylation sites is 1. The molecular formula is C23H33IN4O. The maximum absolute atomic E-state index is 5.69. The lowest BCUT2D eigenvalue weighted by Gasteiger charge is -2.16. The van der Waals surface area contributed by atoms with E-state index < -0.39 is 0 Å². The molecule has 0 spiro atoms. The lowest BCUT2D eigenvalue weighted by molar-refractivity contribution is 0.331. The number of hydrogen-bond acceptors (Lipinski definition) is 3. The van der Waals surface area contributed by atoms with Crippen molar-refractivity contribution >= 4 is 29.9 Å². The largest absolute Gasteiger partial charge is 0.494 e. The second-order valence-electron chi connectivity index (χ2n) is 7.12. The monoisotopic (exact) mass is 508 g/mol. The zero-order valence-electron chi connectivity index (χ0n) is 17.5. The number of aliphatic imine (C=N–C) groups is 1. The summed E-state index contributed by atoms with van der Waals surface area (Å²) < 4.78 is 5.69. The molecule has 2 aromatic rings. The van der Waals surface area contributed by atoms with Gasteiger partial charge in [-0.1, -0.05) is 42.5 Å². The highest BCUT2D eigenvalue weighted by Crippen LogP contribution is 2.17. The Hall–Kier alpha value is -1.80. The maximum atomic E-state index is 5.69. The van der Waals surface area contributed by atoms with Crippen molar-refractivity contribution in [2.75, 3.05) is 26.7 Å². The number of benzene rings is 2. The normalized spacial score (nSPS) is 14.3. The topological polar surface area (TPSA) is 48.9 Å². The molecule has 1 heterocycles. The standard InChI is InChI=1S/C23H32N4O.HI/c1-3-28-22-9-5-4-8-21(22)17-26-23(24-2)25-16-19-10-12-20(13-11-19)18-27-14-6-7-15-27;/h4-5,8-13H,3,6-7,14-18H2,1-2H3,(H2,24,25,26);1H. The van der Waals surface area contributed by atoms with Crippen LogP contribution < -0.4 is 15.4 Å². The summed E-state index contributed by atoms with van der Waals surface area (Å²) in [6, 6.07) is 17.0. The fourth-order valence-electron chi connectivity index (χ4n) is 3.49. The van der Waals surface area contributed by atoms with Gasteiger partial charge in [-0.25, -0.2) is 0 Å². The number of hydrogen-bond donors (Lipinski definition) is 2. The highest BCUT2D eigenvalue weighted by atomic mass is 127. The molecule has 158 valence electrons. The number of likely N-dealkylation sites (tertiary alicyclic amines) is 1. The van der Waals surface area contributed by atoms with E-state index in [1.807, 2.05) is 25.1 Å². The van der Waals surface area contributed by atoms with Crippen molar-refractivity contribution < 1.29 is 4.74 Å². The lowest BCUT2D eigenvalue weighted by Crippen LogP contribution is -2.36. The highest BCUT2D eigenvalue weighted by molar-refractivity contribution is 14.0. The molecule has 0 aliphatic carbocycles. The average molecular weight is 508 g/mol. The van der Waals surface area contributed by atoms with Crippen LogP contribution in [0.3, 0.4) is 0 Å². The molecule has 0 unspecified atom stereocenters. The fourth-order valence-corrected chi connectivity index (χ4v) is 3.49. The van der Waals surface area contributed by atoms with Gasteiger partial charge in [-0.15, -0.1) is 24.0 Å². The van der Waals surface area contributed by atoms with E-state index in [9.17, 15) is 0 Å². The Balaban J connectivity index is 0.00000300. The van der Waals surface area contributed by atoms with E-state index in [1.54, 1.807) is 7.05 Å². The molecule has 2 aromatic carbocycles. The lowest BCUT2D eigenvalue weighted by atomic mass is 10.1. The van der Waals surface area contributed by atoms with Crippen molar-refractivity contribution in [3.05, 3.63) is 65.2 Å². The summed E-state index contributed by atoms with van der Waals surface area (Å²) in [7, 11) is 1.79. The van der Waals surface area contributed by atoms with Crippen LogP contribution in [-0.2, 0) is 19.6 Å². The molecule has 1 aliphatic rings. The van der Waals surface area contributed by atoms with Crippen molar-refractivity contribution in [3.63, 3.8) is 0 Å². The Bertz CT molecular complexity index is 758. The smallest absolute Gasteiger partial charge is 0.191 e. The number of halogens is 1. The Morgan fingerprint density at radius 3 is 2.31 bits per heavy atom.